The standard InChI is InChI=1S/C6H11N/c7-6-4-2-1-3-5(4)6/h4-6H,1-3,7H2/t4-,5+,6?. The van der Waals surface area contributed by atoms with Crippen LogP contribution in [0.1, 0.15) is 19.3 Å². The van der Waals surface area contributed by atoms with E-state index < -0.39 is 0 Å². The second kappa shape index (κ2) is 1.03. The number of fused-ring (bicyclic) bond motifs is 1. The van der Waals surface area contributed by atoms with Gasteiger partial charge in [-0.15, -0.1) is 0 Å². The summed E-state index contributed by atoms with van der Waals surface area (Å²) in [6.45, 7) is 0. The Kier molecular flexibility index (Phi) is 0.571. The third-order valence-electron chi connectivity index (χ3n) is 2.47. The van der Waals surface area contributed by atoms with Crippen molar-refractivity contribution in [3.63, 3.8) is 0 Å². The Morgan fingerprint density at radius 3 is 2.00 bits per heavy atom. The van der Waals surface area contributed by atoms with Gasteiger partial charge in [0, 0.05) is 6.04 Å². The van der Waals surface area contributed by atoms with Gasteiger partial charge in [0.2, 0.25) is 0 Å². The zero-order chi connectivity index (χ0) is 4.85. The fourth-order valence-corrected chi connectivity index (χ4v) is 1.88. The first-order chi connectivity index (χ1) is 3.39. The molecule has 0 aliphatic heterocycles. The molecule has 2 saturated carbocycles. The Labute approximate surface area is 43.9 Å². The molecule has 0 heterocycles. The van der Waals surface area contributed by atoms with Crippen LogP contribution in [0.2, 0.25) is 0 Å². The molecule has 1 unspecified atom stereocenters. The van der Waals surface area contributed by atoms with Gasteiger partial charge in [-0.3, -0.25) is 0 Å². The van der Waals surface area contributed by atoms with Crippen LogP contribution in [0.3, 0.4) is 0 Å². The van der Waals surface area contributed by atoms with E-state index in [9.17, 15) is 0 Å². The molecule has 0 radical (unpaired) electrons. The van der Waals surface area contributed by atoms with E-state index in [2.05, 4.69) is 0 Å². The first kappa shape index (κ1) is 3.90. The minimum atomic E-state index is 0.619. The van der Waals surface area contributed by atoms with Crippen LogP contribution in [0.4, 0.5) is 0 Å². The Balaban J connectivity index is 2.06. The van der Waals surface area contributed by atoms with Crippen molar-refractivity contribution in [2.45, 2.75) is 25.3 Å². The molecule has 0 spiro atoms. The van der Waals surface area contributed by atoms with Crippen LogP contribution in [0.25, 0.3) is 0 Å². The van der Waals surface area contributed by atoms with Crippen molar-refractivity contribution in [3.8, 4) is 0 Å². The van der Waals surface area contributed by atoms with E-state index >= 15 is 0 Å². The predicted molar refractivity (Wildman–Crippen MR) is 28.8 cm³/mol. The first-order valence-electron chi connectivity index (χ1n) is 3.15. The van der Waals surface area contributed by atoms with Crippen LogP contribution in [0, 0.1) is 11.8 Å². The van der Waals surface area contributed by atoms with Gasteiger partial charge in [0.05, 0.1) is 0 Å². The maximum atomic E-state index is 5.67. The summed E-state index contributed by atoms with van der Waals surface area (Å²) < 4.78 is 0. The number of nitrogens with two attached hydrogens (primary N) is 1. The SMILES string of the molecule is NC1[C@H]2CCC[C@@H]12. The molecule has 3 atom stereocenters. The van der Waals surface area contributed by atoms with Crippen molar-refractivity contribution in [2.75, 3.05) is 0 Å². The lowest BCUT2D eigenvalue weighted by atomic mass is 10.2. The molecule has 7 heavy (non-hydrogen) atoms. The van der Waals surface area contributed by atoms with Gasteiger partial charge in [-0.05, 0) is 24.7 Å². The maximum Gasteiger partial charge on any atom is 0.0102 e. The van der Waals surface area contributed by atoms with Crippen LogP contribution in [0.5, 0.6) is 0 Å². The van der Waals surface area contributed by atoms with Crippen LogP contribution < -0.4 is 5.73 Å². The first-order valence-corrected chi connectivity index (χ1v) is 3.15. The Morgan fingerprint density at radius 1 is 1.14 bits per heavy atom. The number of rotatable bonds is 0. The molecule has 2 rings (SSSR count). The van der Waals surface area contributed by atoms with Crippen molar-refractivity contribution < 1.29 is 0 Å². The zero-order valence-corrected chi connectivity index (χ0v) is 4.43. The van der Waals surface area contributed by atoms with Gasteiger partial charge in [0.25, 0.3) is 0 Å². The van der Waals surface area contributed by atoms with Crippen molar-refractivity contribution in [2.24, 2.45) is 17.6 Å². The summed E-state index contributed by atoms with van der Waals surface area (Å²) in [5.74, 6) is 1.92. The smallest absolute Gasteiger partial charge is 0.0102 e. The molecule has 0 aromatic carbocycles. The van der Waals surface area contributed by atoms with Crippen molar-refractivity contribution >= 4 is 0 Å². The van der Waals surface area contributed by atoms with E-state index in [0.717, 1.165) is 11.8 Å². The van der Waals surface area contributed by atoms with Crippen LogP contribution in [-0.4, -0.2) is 6.04 Å². The second-order valence-electron chi connectivity index (χ2n) is 2.84. The summed E-state index contributed by atoms with van der Waals surface area (Å²) in [5, 5.41) is 0. The minimum absolute atomic E-state index is 0.619. The molecule has 0 aromatic heterocycles. The Bertz CT molecular complexity index is 80.2. The summed E-state index contributed by atoms with van der Waals surface area (Å²) in [5.41, 5.74) is 5.67. The van der Waals surface area contributed by atoms with Crippen molar-refractivity contribution in [3.05, 3.63) is 0 Å². The molecule has 0 amide bonds. The van der Waals surface area contributed by atoms with Gasteiger partial charge in [-0.25, -0.2) is 0 Å². The van der Waals surface area contributed by atoms with Gasteiger partial charge in [0.1, 0.15) is 0 Å². The molecule has 2 aliphatic carbocycles. The highest BCUT2D eigenvalue weighted by molar-refractivity contribution is 5.04. The molecule has 0 bridgehead atoms. The molecule has 1 nitrogen and oxygen atoms in total. The number of hydrogen-bond acceptors (Lipinski definition) is 1. The van der Waals surface area contributed by atoms with Crippen LogP contribution >= 0.6 is 0 Å². The molecular weight excluding hydrogens is 86.1 g/mol. The Morgan fingerprint density at radius 2 is 1.71 bits per heavy atom. The van der Waals surface area contributed by atoms with Gasteiger partial charge in [0.15, 0.2) is 0 Å². The monoisotopic (exact) mass is 97.1 g/mol. The summed E-state index contributed by atoms with van der Waals surface area (Å²) in [6.07, 6.45) is 4.29. The highest BCUT2D eigenvalue weighted by Gasteiger charge is 2.49. The van der Waals surface area contributed by atoms with Crippen molar-refractivity contribution in [1.82, 2.24) is 0 Å². The normalized spacial score (nSPS) is 57.0. The zero-order valence-electron chi connectivity index (χ0n) is 4.43. The lowest BCUT2D eigenvalue weighted by Gasteiger charge is -1.90. The number of hydrogen-bond donors (Lipinski definition) is 1. The molecule has 0 aromatic rings. The molecule has 40 valence electrons. The van der Waals surface area contributed by atoms with E-state index in [4.69, 9.17) is 5.73 Å². The van der Waals surface area contributed by atoms with E-state index in [1.54, 1.807) is 0 Å². The topological polar surface area (TPSA) is 26.0 Å². The van der Waals surface area contributed by atoms with E-state index in [1.807, 2.05) is 0 Å². The summed E-state index contributed by atoms with van der Waals surface area (Å²) in [6, 6.07) is 0.619. The molecule has 0 saturated heterocycles. The maximum absolute atomic E-state index is 5.67. The van der Waals surface area contributed by atoms with Crippen LogP contribution in [0.15, 0.2) is 0 Å². The third kappa shape index (κ3) is 0.367. The highest BCUT2D eigenvalue weighted by Crippen LogP contribution is 2.50. The lowest BCUT2D eigenvalue weighted by Crippen LogP contribution is -2.05. The predicted octanol–water partition coefficient (Wildman–Crippen LogP) is 0.744. The average Bonchev–Trinajstić information content (AvgIpc) is 2.26. The Hall–Kier alpha value is -0.0400. The van der Waals surface area contributed by atoms with Gasteiger partial charge < -0.3 is 5.73 Å². The van der Waals surface area contributed by atoms with Crippen molar-refractivity contribution in [1.29, 1.82) is 0 Å². The van der Waals surface area contributed by atoms with Gasteiger partial charge >= 0.3 is 0 Å². The fourth-order valence-electron chi connectivity index (χ4n) is 1.88. The van der Waals surface area contributed by atoms with Crippen LogP contribution in [-0.2, 0) is 0 Å². The molecule has 1 heteroatoms. The average molecular weight is 97.2 g/mol. The second-order valence-corrected chi connectivity index (χ2v) is 2.84. The minimum Gasteiger partial charge on any atom is -0.327 e. The quantitative estimate of drug-likeness (QED) is 0.474. The molecule has 2 N–H and O–H groups in total. The van der Waals surface area contributed by atoms with Gasteiger partial charge in [-0.2, -0.15) is 0 Å². The summed E-state index contributed by atoms with van der Waals surface area (Å²) in [7, 11) is 0. The van der Waals surface area contributed by atoms with Gasteiger partial charge in [-0.1, -0.05) is 6.42 Å². The van der Waals surface area contributed by atoms with E-state index in [1.165, 1.54) is 19.3 Å². The van der Waals surface area contributed by atoms with E-state index in [0.29, 0.717) is 6.04 Å². The fraction of sp³-hybridized carbons (Fsp3) is 1.00. The lowest BCUT2D eigenvalue weighted by molar-refractivity contribution is 0.674. The summed E-state index contributed by atoms with van der Waals surface area (Å²) >= 11 is 0. The molecule has 2 fully saturated rings. The highest BCUT2D eigenvalue weighted by atomic mass is 14.8. The third-order valence-corrected chi connectivity index (χ3v) is 2.47. The summed E-state index contributed by atoms with van der Waals surface area (Å²) in [4.78, 5) is 0. The largest absolute Gasteiger partial charge is 0.327 e. The molecule has 2 aliphatic rings. The van der Waals surface area contributed by atoms with E-state index in [-0.39, 0.29) is 0 Å². The molecular formula is C6H11N.